The van der Waals surface area contributed by atoms with Crippen molar-refractivity contribution in [1.82, 2.24) is 9.97 Å². The molecule has 0 aliphatic carbocycles. The van der Waals surface area contributed by atoms with Gasteiger partial charge in [0.25, 0.3) is 0 Å². The molecule has 1 rings (SSSR count). The first-order chi connectivity index (χ1) is 6.34. The number of hydrogen-bond donors (Lipinski definition) is 1. The molecule has 0 amide bonds. The van der Waals surface area contributed by atoms with Crippen molar-refractivity contribution in [1.29, 1.82) is 0 Å². The summed E-state index contributed by atoms with van der Waals surface area (Å²) in [4.78, 5) is 18.9. The van der Waals surface area contributed by atoms with Gasteiger partial charge in [0, 0.05) is 18.9 Å². The zero-order chi connectivity index (χ0) is 9.52. The van der Waals surface area contributed by atoms with E-state index in [0.717, 1.165) is 0 Å². The van der Waals surface area contributed by atoms with Gasteiger partial charge in [0.05, 0.1) is 12.8 Å². The SMILES string of the molecule is NCCOCC(=O)c1cnccn1. The third kappa shape index (κ3) is 3.27. The Balaban J connectivity index is 2.40. The number of aromatic nitrogens is 2. The van der Waals surface area contributed by atoms with Crippen molar-refractivity contribution in [2.75, 3.05) is 19.8 Å². The Kier molecular flexibility index (Phi) is 4.01. The fourth-order valence-electron chi connectivity index (χ4n) is 0.765. The Labute approximate surface area is 75.9 Å². The van der Waals surface area contributed by atoms with Gasteiger partial charge in [-0.3, -0.25) is 9.78 Å². The summed E-state index contributed by atoms with van der Waals surface area (Å²) in [6, 6.07) is 0. The summed E-state index contributed by atoms with van der Waals surface area (Å²) in [5, 5.41) is 0. The zero-order valence-electron chi connectivity index (χ0n) is 7.14. The predicted octanol–water partition coefficient (Wildman–Crippen LogP) is -0.365. The maximum Gasteiger partial charge on any atom is 0.208 e. The Morgan fingerprint density at radius 2 is 2.38 bits per heavy atom. The lowest BCUT2D eigenvalue weighted by Crippen LogP contribution is -2.15. The fourth-order valence-corrected chi connectivity index (χ4v) is 0.765. The number of rotatable bonds is 5. The monoisotopic (exact) mass is 181 g/mol. The van der Waals surface area contributed by atoms with Gasteiger partial charge in [-0.2, -0.15) is 0 Å². The zero-order valence-corrected chi connectivity index (χ0v) is 7.14. The highest BCUT2D eigenvalue weighted by Gasteiger charge is 2.05. The molecule has 70 valence electrons. The lowest BCUT2D eigenvalue weighted by Gasteiger charge is -1.99. The van der Waals surface area contributed by atoms with E-state index in [-0.39, 0.29) is 12.4 Å². The Morgan fingerprint density at radius 3 is 3.00 bits per heavy atom. The van der Waals surface area contributed by atoms with Crippen molar-refractivity contribution in [2.24, 2.45) is 5.73 Å². The van der Waals surface area contributed by atoms with Gasteiger partial charge < -0.3 is 10.5 Å². The van der Waals surface area contributed by atoms with Gasteiger partial charge in [-0.1, -0.05) is 0 Å². The van der Waals surface area contributed by atoms with Crippen LogP contribution in [0.2, 0.25) is 0 Å². The van der Waals surface area contributed by atoms with Gasteiger partial charge >= 0.3 is 0 Å². The summed E-state index contributed by atoms with van der Waals surface area (Å²) in [5.41, 5.74) is 5.51. The average molecular weight is 181 g/mol. The molecule has 0 bridgehead atoms. The first-order valence-electron chi connectivity index (χ1n) is 3.91. The first-order valence-corrected chi connectivity index (χ1v) is 3.91. The topological polar surface area (TPSA) is 78.1 Å². The Morgan fingerprint density at radius 1 is 1.54 bits per heavy atom. The standard InChI is InChI=1S/C8H11N3O2/c9-1-4-13-6-8(12)7-5-10-2-3-11-7/h2-3,5H,1,4,6,9H2. The summed E-state index contributed by atoms with van der Waals surface area (Å²) in [6.07, 6.45) is 4.39. The smallest absolute Gasteiger partial charge is 0.208 e. The highest BCUT2D eigenvalue weighted by atomic mass is 16.5. The van der Waals surface area contributed by atoms with Gasteiger partial charge in [0.2, 0.25) is 5.78 Å². The maximum atomic E-state index is 11.3. The lowest BCUT2D eigenvalue weighted by atomic mass is 10.3. The molecule has 2 N–H and O–H groups in total. The van der Waals surface area contributed by atoms with E-state index < -0.39 is 0 Å². The molecule has 0 fully saturated rings. The predicted molar refractivity (Wildman–Crippen MR) is 46.2 cm³/mol. The van der Waals surface area contributed by atoms with Crippen LogP contribution in [0.5, 0.6) is 0 Å². The van der Waals surface area contributed by atoms with Crippen LogP contribution in [0.4, 0.5) is 0 Å². The summed E-state index contributed by atoms with van der Waals surface area (Å²) in [6.45, 7) is 0.801. The van der Waals surface area contributed by atoms with Crippen LogP contribution in [-0.2, 0) is 4.74 Å². The number of nitrogens with two attached hydrogens (primary N) is 1. The van der Waals surface area contributed by atoms with Crippen LogP contribution in [-0.4, -0.2) is 35.5 Å². The molecule has 13 heavy (non-hydrogen) atoms. The molecule has 1 aromatic rings. The van der Waals surface area contributed by atoms with Crippen LogP contribution >= 0.6 is 0 Å². The summed E-state index contributed by atoms with van der Waals surface area (Å²) in [5.74, 6) is -0.179. The Hall–Kier alpha value is -1.33. The van der Waals surface area contributed by atoms with Crippen molar-refractivity contribution in [2.45, 2.75) is 0 Å². The number of hydrogen-bond acceptors (Lipinski definition) is 5. The second-order valence-electron chi connectivity index (χ2n) is 2.36. The van der Waals surface area contributed by atoms with Gasteiger partial charge in [-0.15, -0.1) is 0 Å². The van der Waals surface area contributed by atoms with E-state index in [1.54, 1.807) is 0 Å². The summed E-state index contributed by atoms with van der Waals surface area (Å²) < 4.78 is 4.96. The van der Waals surface area contributed by atoms with E-state index in [1.165, 1.54) is 18.6 Å². The molecular formula is C8H11N3O2. The van der Waals surface area contributed by atoms with Crippen LogP contribution in [0.25, 0.3) is 0 Å². The van der Waals surface area contributed by atoms with Gasteiger partial charge in [0.1, 0.15) is 12.3 Å². The molecule has 0 unspecified atom stereocenters. The van der Waals surface area contributed by atoms with Gasteiger partial charge in [-0.25, -0.2) is 4.98 Å². The minimum atomic E-state index is -0.179. The van der Waals surface area contributed by atoms with E-state index in [2.05, 4.69) is 9.97 Å². The quantitative estimate of drug-likeness (QED) is 0.495. The van der Waals surface area contributed by atoms with Crippen LogP contribution in [0.3, 0.4) is 0 Å². The number of ketones is 1. The molecular weight excluding hydrogens is 170 g/mol. The molecule has 0 atom stereocenters. The van der Waals surface area contributed by atoms with Crippen molar-refractivity contribution in [3.05, 3.63) is 24.3 Å². The molecule has 5 nitrogen and oxygen atoms in total. The molecule has 1 aromatic heterocycles. The minimum absolute atomic E-state index is 0.00981. The number of carbonyl (C=O) groups excluding carboxylic acids is 1. The number of carbonyl (C=O) groups is 1. The van der Waals surface area contributed by atoms with Gasteiger partial charge in [-0.05, 0) is 0 Å². The second-order valence-corrected chi connectivity index (χ2v) is 2.36. The largest absolute Gasteiger partial charge is 0.372 e. The van der Waals surface area contributed by atoms with E-state index in [1.807, 2.05) is 0 Å². The third-order valence-corrected chi connectivity index (χ3v) is 1.34. The molecule has 1 heterocycles. The normalized spacial score (nSPS) is 9.92. The number of nitrogens with zero attached hydrogens (tertiary/aromatic N) is 2. The summed E-state index contributed by atoms with van der Waals surface area (Å²) in [7, 11) is 0. The highest BCUT2D eigenvalue weighted by molar-refractivity contribution is 5.94. The van der Waals surface area contributed by atoms with Crippen LogP contribution in [0.15, 0.2) is 18.6 Å². The van der Waals surface area contributed by atoms with Crippen LogP contribution in [0.1, 0.15) is 10.5 Å². The molecule has 0 aliphatic heterocycles. The van der Waals surface area contributed by atoms with Crippen molar-refractivity contribution in [3.63, 3.8) is 0 Å². The minimum Gasteiger partial charge on any atom is -0.372 e. The summed E-state index contributed by atoms with van der Waals surface area (Å²) >= 11 is 0. The molecule has 0 saturated heterocycles. The molecule has 0 radical (unpaired) electrons. The van der Waals surface area contributed by atoms with Crippen molar-refractivity contribution >= 4 is 5.78 Å². The van der Waals surface area contributed by atoms with Gasteiger partial charge in [0.15, 0.2) is 0 Å². The highest BCUT2D eigenvalue weighted by Crippen LogP contribution is 1.92. The fraction of sp³-hybridized carbons (Fsp3) is 0.375. The van der Waals surface area contributed by atoms with Crippen LogP contribution in [0, 0.1) is 0 Å². The molecule has 5 heteroatoms. The third-order valence-electron chi connectivity index (χ3n) is 1.34. The van der Waals surface area contributed by atoms with E-state index in [0.29, 0.717) is 18.8 Å². The Bertz CT molecular complexity index is 263. The number of Topliss-reactive ketones (excluding diaryl/α,β-unsaturated/α-hetero) is 1. The first kappa shape index (κ1) is 9.76. The molecule has 0 aromatic carbocycles. The molecule has 0 aliphatic rings. The van der Waals surface area contributed by atoms with E-state index >= 15 is 0 Å². The molecule has 0 saturated carbocycles. The van der Waals surface area contributed by atoms with E-state index in [4.69, 9.17) is 10.5 Å². The van der Waals surface area contributed by atoms with E-state index in [9.17, 15) is 4.79 Å². The lowest BCUT2D eigenvalue weighted by molar-refractivity contribution is 0.0768. The van der Waals surface area contributed by atoms with Crippen LogP contribution < -0.4 is 5.73 Å². The van der Waals surface area contributed by atoms with Crippen molar-refractivity contribution in [3.8, 4) is 0 Å². The molecule has 0 spiro atoms. The second kappa shape index (κ2) is 5.34. The number of ether oxygens (including phenoxy) is 1. The maximum absolute atomic E-state index is 11.3. The van der Waals surface area contributed by atoms with Crippen molar-refractivity contribution < 1.29 is 9.53 Å². The average Bonchev–Trinajstić information content (AvgIpc) is 2.19.